The summed E-state index contributed by atoms with van der Waals surface area (Å²) in [6, 6.07) is 1.87. The molecule has 0 fully saturated rings. The summed E-state index contributed by atoms with van der Waals surface area (Å²) < 4.78 is 6.23. The maximum absolute atomic E-state index is 5.93. The average Bonchev–Trinajstić information content (AvgIpc) is 2.26. The first kappa shape index (κ1) is 13.3. The van der Waals surface area contributed by atoms with E-state index in [2.05, 4.69) is 32.7 Å². The molecule has 0 bridgehead atoms. The third-order valence-corrected chi connectivity index (χ3v) is 2.69. The van der Waals surface area contributed by atoms with Gasteiger partial charge in [-0.25, -0.2) is 4.98 Å². The largest absolute Gasteiger partial charge is 0.396 e. The molecular formula is C11H18BrN3O. The third kappa shape index (κ3) is 3.64. The van der Waals surface area contributed by atoms with Gasteiger partial charge in [-0.2, -0.15) is 0 Å². The molecule has 0 aliphatic carbocycles. The Morgan fingerprint density at radius 1 is 1.50 bits per heavy atom. The van der Waals surface area contributed by atoms with E-state index in [-0.39, 0.29) is 0 Å². The van der Waals surface area contributed by atoms with Crippen molar-refractivity contribution >= 4 is 27.4 Å². The quantitative estimate of drug-likeness (QED) is 0.816. The zero-order valence-corrected chi connectivity index (χ0v) is 11.3. The summed E-state index contributed by atoms with van der Waals surface area (Å²) in [7, 11) is 0. The molecule has 90 valence electrons. The third-order valence-electron chi connectivity index (χ3n) is 2.25. The van der Waals surface area contributed by atoms with E-state index >= 15 is 0 Å². The second-order valence-corrected chi connectivity index (χ2v) is 4.26. The number of hydrogen-bond donors (Lipinski definition) is 1. The minimum atomic E-state index is 0.688. The maximum Gasteiger partial charge on any atom is 0.151 e. The Labute approximate surface area is 105 Å². The molecular weight excluding hydrogens is 270 g/mol. The second kappa shape index (κ2) is 6.70. The highest BCUT2D eigenvalue weighted by molar-refractivity contribution is 9.10. The van der Waals surface area contributed by atoms with E-state index in [0.29, 0.717) is 12.3 Å². The first-order valence-electron chi connectivity index (χ1n) is 5.42. The molecule has 0 amide bonds. The van der Waals surface area contributed by atoms with Crippen LogP contribution in [0, 0.1) is 0 Å². The van der Waals surface area contributed by atoms with Crippen LogP contribution in [0.4, 0.5) is 11.5 Å². The van der Waals surface area contributed by atoms with Crippen LogP contribution in [0.15, 0.2) is 16.7 Å². The number of pyridine rings is 1. The van der Waals surface area contributed by atoms with E-state index in [4.69, 9.17) is 10.5 Å². The van der Waals surface area contributed by atoms with Crippen molar-refractivity contribution in [3.63, 3.8) is 0 Å². The Balaban J connectivity index is 2.70. The lowest BCUT2D eigenvalue weighted by atomic mass is 10.3. The van der Waals surface area contributed by atoms with Crippen molar-refractivity contribution in [1.29, 1.82) is 0 Å². The number of hydrogen-bond acceptors (Lipinski definition) is 4. The zero-order chi connectivity index (χ0) is 12.0. The van der Waals surface area contributed by atoms with Gasteiger partial charge >= 0.3 is 0 Å². The Bertz CT molecular complexity index is 333. The molecule has 5 heteroatoms. The van der Waals surface area contributed by atoms with Gasteiger partial charge in [-0.05, 0) is 35.8 Å². The van der Waals surface area contributed by atoms with Crippen molar-refractivity contribution in [3.05, 3.63) is 16.7 Å². The Morgan fingerprint density at radius 2 is 2.25 bits per heavy atom. The number of anilines is 2. The minimum absolute atomic E-state index is 0.688. The van der Waals surface area contributed by atoms with E-state index in [1.54, 1.807) is 6.20 Å². The number of halogens is 1. The average molecular weight is 288 g/mol. The molecule has 16 heavy (non-hydrogen) atoms. The fraction of sp³-hybridized carbons (Fsp3) is 0.545. The van der Waals surface area contributed by atoms with Gasteiger partial charge in [0.25, 0.3) is 0 Å². The topological polar surface area (TPSA) is 51.4 Å². The summed E-state index contributed by atoms with van der Waals surface area (Å²) in [6.45, 7) is 7.18. The molecule has 0 atom stereocenters. The Kier molecular flexibility index (Phi) is 5.55. The van der Waals surface area contributed by atoms with Crippen molar-refractivity contribution in [3.8, 4) is 0 Å². The molecule has 0 aliphatic heterocycles. The van der Waals surface area contributed by atoms with Crippen molar-refractivity contribution in [2.75, 3.05) is 36.9 Å². The normalized spacial score (nSPS) is 10.4. The molecule has 0 saturated heterocycles. The summed E-state index contributed by atoms with van der Waals surface area (Å²) >= 11 is 3.35. The SMILES string of the molecule is CCOCCN(CC)c1ncc(Br)cc1N. The van der Waals surface area contributed by atoms with Gasteiger partial charge in [-0.3, -0.25) is 0 Å². The number of likely N-dealkylation sites (N-methyl/N-ethyl adjacent to an activating group) is 1. The molecule has 0 aromatic carbocycles. The molecule has 0 radical (unpaired) electrons. The highest BCUT2D eigenvalue weighted by Gasteiger charge is 2.09. The number of nitrogens with two attached hydrogens (primary N) is 1. The van der Waals surface area contributed by atoms with Crippen LogP contribution < -0.4 is 10.6 Å². The Hall–Kier alpha value is -0.810. The summed E-state index contributed by atoms with van der Waals surface area (Å²) in [6.07, 6.45) is 1.76. The van der Waals surface area contributed by atoms with E-state index in [1.165, 1.54) is 0 Å². The number of nitrogen functional groups attached to an aromatic ring is 1. The highest BCUT2D eigenvalue weighted by Crippen LogP contribution is 2.23. The van der Waals surface area contributed by atoms with Crippen LogP contribution >= 0.6 is 15.9 Å². The van der Waals surface area contributed by atoms with Crippen LogP contribution in [0.1, 0.15) is 13.8 Å². The van der Waals surface area contributed by atoms with Gasteiger partial charge in [0.05, 0.1) is 12.3 Å². The first-order chi connectivity index (χ1) is 7.69. The fourth-order valence-electron chi connectivity index (χ4n) is 1.44. The molecule has 1 rings (SSSR count). The van der Waals surface area contributed by atoms with Gasteiger partial charge in [0, 0.05) is 30.4 Å². The van der Waals surface area contributed by atoms with Gasteiger partial charge in [0.15, 0.2) is 5.82 Å². The molecule has 0 unspecified atom stereocenters. The van der Waals surface area contributed by atoms with E-state index < -0.39 is 0 Å². The van der Waals surface area contributed by atoms with Gasteiger partial charge < -0.3 is 15.4 Å². The van der Waals surface area contributed by atoms with E-state index in [0.717, 1.165) is 30.0 Å². The lowest BCUT2D eigenvalue weighted by Gasteiger charge is -2.23. The van der Waals surface area contributed by atoms with Crippen molar-refractivity contribution in [2.24, 2.45) is 0 Å². The van der Waals surface area contributed by atoms with Gasteiger partial charge in [-0.1, -0.05) is 0 Å². The lowest BCUT2D eigenvalue weighted by molar-refractivity contribution is 0.154. The molecule has 4 nitrogen and oxygen atoms in total. The number of nitrogens with zero attached hydrogens (tertiary/aromatic N) is 2. The summed E-state index contributed by atoms with van der Waals surface area (Å²) in [5.74, 6) is 0.824. The predicted octanol–water partition coefficient (Wildman–Crippen LogP) is 2.29. The molecule has 0 saturated carbocycles. The van der Waals surface area contributed by atoms with Crippen molar-refractivity contribution < 1.29 is 4.74 Å². The minimum Gasteiger partial charge on any atom is -0.396 e. The fourth-order valence-corrected chi connectivity index (χ4v) is 1.79. The van der Waals surface area contributed by atoms with Crippen LogP contribution in [0.3, 0.4) is 0 Å². The number of rotatable bonds is 6. The lowest BCUT2D eigenvalue weighted by Crippen LogP contribution is -2.28. The van der Waals surface area contributed by atoms with E-state index in [9.17, 15) is 0 Å². The standard InChI is InChI=1S/C11H18BrN3O/c1-3-15(5-6-16-4-2)11-10(13)7-9(12)8-14-11/h7-8H,3-6,13H2,1-2H3. The smallest absolute Gasteiger partial charge is 0.151 e. The summed E-state index contributed by atoms with van der Waals surface area (Å²) in [5.41, 5.74) is 6.61. The summed E-state index contributed by atoms with van der Waals surface area (Å²) in [5, 5.41) is 0. The second-order valence-electron chi connectivity index (χ2n) is 3.34. The zero-order valence-electron chi connectivity index (χ0n) is 9.74. The van der Waals surface area contributed by atoms with Gasteiger partial charge in [0.2, 0.25) is 0 Å². The van der Waals surface area contributed by atoms with Crippen LogP contribution in [0.25, 0.3) is 0 Å². The van der Waals surface area contributed by atoms with Crippen LogP contribution in [0.2, 0.25) is 0 Å². The Morgan fingerprint density at radius 3 is 2.81 bits per heavy atom. The van der Waals surface area contributed by atoms with Gasteiger partial charge in [-0.15, -0.1) is 0 Å². The molecule has 2 N–H and O–H groups in total. The van der Waals surface area contributed by atoms with Crippen LogP contribution in [-0.2, 0) is 4.74 Å². The molecule has 1 heterocycles. The van der Waals surface area contributed by atoms with E-state index in [1.807, 2.05) is 13.0 Å². The number of ether oxygens (including phenoxy) is 1. The van der Waals surface area contributed by atoms with Crippen molar-refractivity contribution in [2.45, 2.75) is 13.8 Å². The maximum atomic E-state index is 5.93. The predicted molar refractivity (Wildman–Crippen MR) is 70.7 cm³/mol. The van der Waals surface area contributed by atoms with Crippen LogP contribution in [-0.4, -0.2) is 31.3 Å². The first-order valence-corrected chi connectivity index (χ1v) is 6.22. The molecule has 1 aromatic rings. The summed E-state index contributed by atoms with van der Waals surface area (Å²) in [4.78, 5) is 6.43. The highest BCUT2D eigenvalue weighted by atomic mass is 79.9. The molecule has 0 spiro atoms. The molecule has 0 aliphatic rings. The van der Waals surface area contributed by atoms with Crippen LogP contribution in [0.5, 0.6) is 0 Å². The molecule has 1 aromatic heterocycles. The van der Waals surface area contributed by atoms with Gasteiger partial charge in [0.1, 0.15) is 0 Å². The number of aromatic nitrogens is 1. The van der Waals surface area contributed by atoms with Crippen molar-refractivity contribution in [1.82, 2.24) is 4.98 Å². The monoisotopic (exact) mass is 287 g/mol.